The van der Waals surface area contributed by atoms with Gasteiger partial charge in [0, 0.05) is 68.0 Å². The van der Waals surface area contributed by atoms with Crippen LogP contribution in [0.4, 0.5) is 17.1 Å². The van der Waals surface area contributed by atoms with E-state index in [1.54, 1.807) is 28.8 Å². The van der Waals surface area contributed by atoms with Crippen LogP contribution in [-0.4, -0.2) is 55.1 Å². The van der Waals surface area contributed by atoms with Crippen LogP contribution in [0, 0.1) is 16.0 Å². The number of aliphatic hydroxyl groups is 2. The van der Waals surface area contributed by atoms with E-state index in [1.807, 2.05) is 30.3 Å². The van der Waals surface area contributed by atoms with E-state index in [2.05, 4.69) is 10.3 Å². The molecule has 3 heterocycles. The Balaban J connectivity index is 1.36. The van der Waals surface area contributed by atoms with Crippen molar-refractivity contribution in [1.29, 1.82) is 0 Å². The zero-order chi connectivity index (χ0) is 28.4. The number of nitro benzene ring substituents is 1. The van der Waals surface area contributed by atoms with Crippen LogP contribution in [-0.2, 0) is 34.7 Å². The molecule has 1 saturated heterocycles. The number of hydrogen-bond donors (Lipinski definition) is 2. The Morgan fingerprint density at radius 2 is 1.98 bits per heavy atom. The van der Waals surface area contributed by atoms with Crippen LogP contribution in [0.3, 0.4) is 0 Å². The van der Waals surface area contributed by atoms with Gasteiger partial charge in [0.1, 0.15) is 0 Å². The number of β-lactam (4-membered cyclic amide) rings is 1. The fourth-order valence-corrected chi connectivity index (χ4v) is 5.08. The van der Waals surface area contributed by atoms with Crippen molar-refractivity contribution in [2.24, 2.45) is 5.92 Å². The van der Waals surface area contributed by atoms with E-state index in [9.17, 15) is 24.8 Å². The molecule has 2 aromatic carbocycles. The highest BCUT2D eigenvalue weighted by molar-refractivity contribution is 6.07. The number of carbonyl (C=O) groups excluding carboxylic acids is 2. The number of nitrogens with zero attached hydrogens (tertiary/aromatic N) is 6. The largest absolute Gasteiger partial charge is 0.396 e. The van der Waals surface area contributed by atoms with Gasteiger partial charge in [-0.15, -0.1) is 5.10 Å². The lowest BCUT2D eigenvalue weighted by molar-refractivity contribution is -0.385. The number of aryl methyl sites for hydroxylation is 1. The molecule has 12 nitrogen and oxygen atoms in total. The Bertz CT molecular complexity index is 1470. The highest BCUT2D eigenvalue weighted by Crippen LogP contribution is 2.47. The maximum absolute atomic E-state index is 13.8. The van der Waals surface area contributed by atoms with Crippen molar-refractivity contribution in [3.05, 3.63) is 87.7 Å². The summed E-state index contributed by atoms with van der Waals surface area (Å²) in [5.41, 5.74) is 0.661. The SMILES string of the molecule is C[C@H](/C=C/CCn1cc(CCO)nn1)[C@@]1(O)C(=O)N(Cc2ccc(N3CCC3=O)cc2)c2ccc([N+](=O)[O-])cc21. The van der Waals surface area contributed by atoms with Gasteiger partial charge >= 0.3 is 0 Å². The van der Waals surface area contributed by atoms with E-state index in [1.165, 1.54) is 23.1 Å². The first-order valence-corrected chi connectivity index (χ1v) is 13.1. The second kappa shape index (κ2) is 11.0. The molecule has 2 atom stereocenters. The number of aliphatic hydroxyl groups excluding tert-OH is 1. The van der Waals surface area contributed by atoms with Gasteiger partial charge in [0.05, 0.1) is 22.8 Å². The molecule has 0 bridgehead atoms. The van der Waals surface area contributed by atoms with Crippen molar-refractivity contribution in [3.63, 3.8) is 0 Å². The lowest BCUT2D eigenvalue weighted by Gasteiger charge is -2.31. The van der Waals surface area contributed by atoms with E-state index in [4.69, 9.17) is 5.11 Å². The number of allylic oxidation sites excluding steroid dienone is 1. The molecule has 2 aliphatic rings. The Morgan fingerprint density at radius 3 is 2.62 bits per heavy atom. The van der Waals surface area contributed by atoms with Crippen molar-refractivity contribution in [2.75, 3.05) is 23.0 Å². The average molecular weight is 547 g/mol. The number of fused-ring (bicyclic) bond motifs is 1. The molecule has 12 heteroatoms. The highest BCUT2D eigenvalue weighted by atomic mass is 16.6. The second-order valence-electron chi connectivity index (χ2n) is 10.0. The van der Waals surface area contributed by atoms with Crippen LogP contribution < -0.4 is 9.80 Å². The minimum Gasteiger partial charge on any atom is -0.396 e. The molecule has 208 valence electrons. The zero-order valence-electron chi connectivity index (χ0n) is 22.0. The van der Waals surface area contributed by atoms with E-state index in [-0.39, 0.29) is 30.3 Å². The quantitative estimate of drug-likeness (QED) is 0.161. The van der Waals surface area contributed by atoms with Crippen molar-refractivity contribution in [3.8, 4) is 0 Å². The summed E-state index contributed by atoms with van der Waals surface area (Å²) in [6.45, 7) is 3.04. The van der Waals surface area contributed by atoms with Crippen molar-refractivity contribution in [2.45, 2.75) is 44.9 Å². The van der Waals surface area contributed by atoms with Crippen LogP contribution in [0.5, 0.6) is 0 Å². The third-order valence-corrected chi connectivity index (χ3v) is 7.47. The monoisotopic (exact) mass is 546 g/mol. The zero-order valence-corrected chi connectivity index (χ0v) is 22.0. The molecule has 2 amide bonds. The van der Waals surface area contributed by atoms with Crippen molar-refractivity contribution < 1.29 is 24.7 Å². The molecule has 1 fully saturated rings. The molecule has 3 aromatic rings. The molecule has 0 aliphatic carbocycles. The number of anilines is 2. The Hall–Kier alpha value is -4.42. The van der Waals surface area contributed by atoms with Gasteiger partial charge in [-0.1, -0.05) is 36.4 Å². The third kappa shape index (κ3) is 4.98. The van der Waals surface area contributed by atoms with Gasteiger partial charge < -0.3 is 20.0 Å². The number of carbonyl (C=O) groups is 2. The summed E-state index contributed by atoms with van der Waals surface area (Å²) >= 11 is 0. The molecule has 1 aromatic heterocycles. The van der Waals surface area contributed by atoms with Gasteiger partial charge in [-0.25, -0.2) is 0 Å². The van der Waals surface area contributed by atoms with E-state index >= 15 is 0 Å². The maximum Gasteiger partial charge on any atom is 0.269 e. The molecule has 0 spiro atoms. The number of nitro groups is 1. The topological polar surface area (TPSA) is 155 Å². The predicted octanol–water partition coefficient (Wildman–Crippen LogP) is 2.47. The van der Waals surface area contributed by atoms with Crippen molar-refractivity contribution >= 4 is 28.9 Å². The van der Waals surface area contributed by atoms with Crippen LogP contribution >= 0.6 is 0 Å². The maximum atomic E-state index is 13.8. The Labute approximate surface area is 230 Å². The lowest BCUT2D eigenvalue weighted by Crippen LogP contribution is -2.44. The van der Waals surface area contributed by atoms with Crippen LogP contribution in [0.25, 0.3) is 0 Å². The third-order valence-electron chi connectivity index (χ3n) is 7.47. The summed E-state index contributed by atoms with van der Waals surface area (Å²) in [7, 11) is 0. The highest BCUT2D eigenvalue weighted by Gasteiger charge is 2.53. The fourth-order valence-electron chi connectivity index (χ4n) is 5.08. The molecular formula is C28H30N6O6. The number of amides is 2. The number of aromatic nitrogens is 3. The molecule has 2 aliphatic heterocycles. The normalized spacial score (nSPS) is 19.3. The number of hydrogen-bond acceptors (Lipinski definition) is 8. The summed E-state index contributed by atoms with van der Waals surface area (Å²) in [5.74, 6) is -1.18. The van der Waals surface area contributed by atoms with Gasteiger partial charge in [-0.05, 0) is 30.2 Å². The summed E-state index contributed by atoms with van der Waals surface area (Å²) in [6.07, 6.45) is 6.82. The minimum atomic E-state index is -2.00. The number of rotatable bonds is 11. The standard InChI is InChI=1S/C28H30N6O6/c1-19(4-2-3-13-31-18-21(12-15-35)29-30-31)28(38)24-16-23(34(39)40)9-10-25(24)33(27(28)37)17-20-5-7-22(8-6-20)32-14-11-26(32)36/h2,4-10,16,18-19,35,38H,3,11-15,17H2,1H3/b4-2+/t19-,28+/m1/s1. The summed E-state index contributed by atoms with van der Waals surface area (Å²) in [4.78, 5) is 39.6. The molecule has 5 rings (SSSR count). The summed E-state index contributed by atoms with van der Waals surface area (Å²) < 4.78 is 1.65. The summed E-state index contributed by atoms with van der Waals surface area (Å²) in [6, 6.07) is 11.4. The predicted molar refractivity (Wildman–Crippen MR) is 145 cm³/mol. The van der Waals surface area contributed by atoms with Crippen LogP contribution in [0.1, 0.15) is 36.6 Å². The number of non-ortho nitro benzene ring substituents is 1. The van der Waals surface area contributed by atoms with Gasteiger partial charge in [-0.3, -0.25) is 24.4 Å². The first-order chi connectivity index (χ1) is 19.2. The lowest BCUT2D eigenvalue weighted by atomic mass is 9.82. The minimum absolute atomic E-state index is 0.00963. The summed E-state index contributed by atoms with van der Waals surface area (Å²) in [5, 5.41) is 40.4. The van der Waals surface area contributed by atoms with Gasteiger partial charge in [0.2, 0.25) is 5.91 Å². The fraction of sp³-hybridized carbons (Fsp3) is 0.357. The molecule has 0 radical (unpaired) electrons. The molecule has 0 unspecified atom stereocenters. The first-order valence-electron chi connectivity index (χ1n) is 13.1. The van der Waals surface area contributed by atoms with E-state index < -0.39 is 22.3 Å². The molecule has 0 saturated carbocycles. The smallest absolute Gasteiger partial charge is 0.269 e. The second-order valence-corrected chi connectivity index (χ2v) is 10.0. The van der Waals surface area contributed by atoms with E-state index in [0.29, 0.717) is 43.7 Å². The average Bonchev–Trinajstić information content (AvgIpc) is 3.47. The van der Waals surface area contributed by atoms with Crippen LogP contribution in [0.2, 0.25) is 0 Å². The van der Waals surface area contributed by atoms with Crippen molar-refractivity contribution in [1.82, 2.24) is 15.0 Å². The first kappa shape index (κ1) is 27.2. The molecule has 2 N–H and O–H groups in total. The van der Waals surface area contributed by atoms with Gasteiger partial charge in [-0.2, -0.15) is 0 Å². The van der Waals surface area contributed by atoms with Crippen LogP contribution in [0.15, 0.2) is 60.8 Å². The Morgan fingerprint density at radius 1 is 1.20 bits per heavy atom. The van der Waals surface area contributed by atoms with E-state index in [0.717, 1.165) is 11.3 Å². The van der Waals surface area contributed by atoms with Gasteiger partial charge in [0.25, 0.3) is 11.6 Å². The van der Waals surface area contributed by atoms with Gasteiger partial charge in [0.15, 0.2) is 5.60 Å². The Kier molecular flexibility index (Phi) is 7.46. The molecular weight excluding hydrogens is 516 g/mol. The number of benzene rings is 2. The molecule has 40 heavy (non-hydrogen) atoms.